The van der Waals surface area contributed by atoms with E-state index >= 15 is 0 Å². The summed E-state index contributed by atoms with van der Waals surface area (Å²) in [5, 5.41) is 0. The second-order valence-electron chi connectivity index (χ2n) is 4.99. The maximum atomic E-state index is 10.9. The Hall–Kier alpha value is -0.570. The number of hydrogen-bond acceptors (Lipinski definition) is 2. The molecule has 1 aliphatic rings. The second kappa shape index (κ2) is 3.29. The number of hydrogen-bond donors (Lipinski definition) is 1. The summed E-state index contributed by atoms with van der Waals surface area (Å²) >= 11 is 0. The van der Waals surface area contributed by atoms with Gasteiger partial charge >= 0.3 is 0 Å². The fourth-order valence-electron chi connectivity index (χ4n) is 2.31. The Balaban J connectivity index is 2.63. The Bertz CT molecular complexity index is 213. The molecule has 0 aromatic rings. The molecule has 0 aromatic carbocycles. The SMILES string of the molecule is CC1(C)C[C@](C)(CC(N)=O)CCO1. The number of amides is 1. The summed E-state index contributed by atoms with van der Waals surface area (Å²) in [7, 11) is 0. The summed E-state index contributed by atoms with van der Waals surface area (Å²) in [4.78, 5) is 10.9. The lowest BCUT2D eigenvalue weighted by atomic mass is 9.73. The van der Waals surface area contributed by atoms with E-state index in [-0.39, 0.29) is 16.9 Å². The lowest BCUT2D eigenvalue weighted by Gasteiger charge is -2.42. The standard InChI is InChI=1S/C10H19NO2/c1-9(2)7-10(3,4-5-13-9)6-8(11)12/h4-7H2,1-3H3,(H2,11,12)/t10-/m0/s1. The Kier molecular flexibility index (Phi) is 2.66. The van der Waals surface area contributed by atoms with Crippen molar-refractivity contribution in [2.45, 2.75) is 45.6 Å². The van der Waals surface area contributed by atoms with Crippen molar-refractivity contribution in [3.8, 4) is 0 Å². The maximum Gasteiger partial charge on any atom is 0.217 e. The summed E-state index contributed by atoms with van der Waals surface area (Å²) < 4.78 is 5.59. The molecule has 0 spiro atoms. The van der Waals surface area contributed by atoms with Crippen LogP contribution in [0.1, 0.15) is 40.0 Å². The minimum absolute atomic E-state index is 0.0353. The first kappa shape index (κ1) is 10.5. The number of nitrogens with two attached hydrogens (primary N) is 1. The average Bonchev–Trinajstić information content (AvgIpc) is 1.79. The van der Waals surface area contributed by atoms with Gasteiger partial charge in [-0.3, -0.25) is 4.79 Å². The van der Waals surface area contributed by atoms with Crippen molar-refractivity contribution < 1.29 is 9.53 Å². The number of carbonyl (C=O) groups is 1. The van der Waals surface area contributed by atoms with Crippen LogP contribution in [0.25, 0.3) is 0 Å². The van der Waals surface area contributed by atoms with Crippen LogP contribution < -0.4 is 5.73 Å². The van der Waals surface area contributed by atoms with Gasteiger partial charge in [-0.1, -0.05) is 6.92 Å². The predicted octanol–water partition coefficient (Wildman–Crippen LogP) is 1.46. The fourth-order valence-corrected chi connectivity index (χ4v) is 2.31. The Labute approximate surface area is 79.6 Å². The molecule has 13 heavy (non-hydrogen) atoms. The van der Waals surface area contributed by atoms with E-state index in [1.807, 2.05) is 0 Å². The molecule has 1 rings (SSSR count). The molecule has 2 N–H and O–H groups in total. The first-order valence-corrected chi connectivity index (χ1v) is 4.75. The van der Waals surface area contributed by atoms with Gasteiger partial charge in [0, 0.05) is 13.0 Å². The van der Waals surface area contributed by atoms with E-state index in [1.54, 1.807) is 0 Å². The van der Waals surface area contributed by atoms with Gasteiger partial charge in [-0.15, -0.1) is 0 Å². The molecule has 1 aliphatic heterocycles. The van der Waals surface area contributed by atoms with Crippen LogP contribution in [-0.4, -0.2) is 18.1 Å². The van der Waals surface area contributed by atoms with E-state index in [1.165, 1.54) is 0 Å². The monoisotopic (exact) mass is 185 g/mol. The third-order valence-electron chi connectivity index (χ3n) is 2.65. The molecule has 1 amide bonds. The van der Waals surface area contributed by atoms with Crippen molar-refractivity contribution in [1.82, 2.24) is 0 Å². The topological polar surface area (TPSA) is 52.3 Å². The summed E-state index contributed by atoms with van der Waals surface area (Å²) in [6.45, 7) is 6.97. The normalized spacial score (nSPS) is 32.8. The Morgan fingerprint density at radius 1 is 1.46 bits per heavy atom. The highest BCUT2D eigenvalue weighted by Crippen LogP contribution is 2.40. The van der Waals surface area contributed by atoms with Crippen LogP contribution in [0.5, 0.6) is 0 Å². The molecule has 1 saturated heterocycles. The summed E-state index contributed by atoms with van der Waals surface area (Å²) in [5.74, 6) is -0.208. The number of primary amides is 1. The molecule has 3 heteroatoms. The number of rotatable bonds is 2. The van der Waals surface area contributed by atoms with E-state index in [2.05, 4.69) is 20.8 Å². The van der Waals surface area contributed by atoms with E-state index in [9.17, 15) is 4.79 Å². The van der Waals surface area contributed by atoms with Gasteiger partial charge in [0.1, 0.15) is 0 Å². The minimum atomic E-state index is -0.208. The molecule has 76 valence electrons. The molecule has 1 atom stereocenters. The molecule has 1 fully saturated rings. The lowest BCUT2D eigenvalue weighted by molar-refractivity contribution is -0.128. The van der Waals surface area contributed by atoms with Gasteiger partial charge in [-0.05, 0) is 32.1 Å². The molecule has 0 radical (unpaired) electrons. The molecule has 0 bridgehead atoms. The highest BCUT2D eigenvalue weighted by molar-refractivity contribution is 5.74. The van der Waals surface area contributed by atoms with Crippen LogP contribution in [0.4, 0.5) is 0 Å². The van der Waals surface area contributed by atoms with Gasteiger partial charge in [0.2, 0.25) is 5.91 Å². The van der Waals surface area contributed by atoms with Crippen LogP contribution in [0.2, 0.25) is 0 Å². The highest BCUT2D eigenvalue weighted by atomic mass is 16.5. The Morgan fingerprint density at radius 2 is 2.08 bits per heavy atom. The zero-order valence-electron chi connectivity index (χ0n) is 8.72. The predicted molar refractivity (Wildman–Crippen MR) is 51.2 cm³/mol. The summed E-state index contributed by atoms with van der Waals surface area (Å²) in [5.41, 5.74) is 5.14. The van der Waals surface area contributed by atoms with Crippen LogP contribution in [-0.2, 0) is 9.53 Å². The molecular formula is C10H19NO2. The van der Waals surface area contributed by atoms with Gasteiger partial charge in [0.25, 0.3) is 0 Å². The maximum absolute atomic E-state index is 10.9. The van der Waals surface area contributed by atoms with Crippen molar-refractivity contribution in [1.29, 1.82) is 0 Å². The fraction of sp³-hybridized carbons (Fsp3) is 0.900. The molecule has 0 aliphatic carbocycles. The zero-order chi connectivity index (χ0) is 10.1. The molecule has 1 heterocycles. The highest BCUT2D eigenvalue weighted by Gasteiger charge is 2.38. The third-order valence-corrected chi connectivity index (χ3v) is 2.65. The number of ether oxygens (including phenoxy) is 1. The van der Waals surface area contributed by atoms with Gasteiger partial charge < -0.3 is 10.5 Å². The first-order valence-electron chi connectivity index (χ1n) is 4.75. The van der Waals surface area contributed by atoms with Crippen LogP contribution >= 0.6 is 0 Å². The van der Waals surface area contributed by atoms with Crippen LogP contribution in [0.15, 0.2) is 0 Å². The van der Waals surface area contributed by atoms with Gasteiger partial charge in [-0.25, -0.2) is 0 Å². The second-order valence-corrected chi connectivity index (χ2v) is 4.99. The smallest absolute Gasteiger partial charge is 0.217 e. The Morgan fingerprint density at radius 3 is 2.54 bits per heavy atom. The van der Waals surface area contributed by atoms with E-state index in [4.69, 9.17) is 10.5 Å². The molecule has 0 saturated carbocycles. The van der Waals surface area contributed by atoms with Gasteiger partial charge in [0.05, 0.1) is 5.60 Å². The van der Waals surface area contributed by atoms with Crippen molar-refractivity contribution >= 4 is 5.91 Å². The molecule has 3 nitrogen and oxygen atoms in total. The van der Waals surface area contributed by atoms with Crippen molar-refractivity contribution in [3.63, 3.8) is 0 Å². The van der Waals surface area contributed by atoms with Crippen molar-refractivity contribution in [3.05, 3.63) is 0 Å². The minimum Gasteiger partial charge on any atom is -0.376 e. The average molecular weight is 185 g/mol. The van der Waals surface area contributed by atoms with Gasteiger partial charge in [-0.2, -0.15) is 0 Å². The molecule has 0 aromatic heterocycles. The largest absolute Gasteiger partial charge is 0.376 e. The zero-order valence-corrected chi connectivity index (χ0v) is 8.72. The van der Waals surface area contributed by atoms with E-state index in [0.717, 1.165) is 19.4 Å². The van der Waals surface area contributed by atoms with E-state index < -0.39 is 0 Å². The van der Waals surface area contributed by atoms with Crippen molar-refractivity contribution in [2.24, 2.45) is 11.1 Å². The third kappa shape index (κ3) is 2.99. The van der Waals surface area contributed by atoms with Crippen LogP contribution in [0, 0.1) is 5.41 Å². The summed E-state index contributed by atoms with van der Waals surface area (Å²) in [6.07, 6.45) is 2.31. The van der Waals surface area contributed by atoms with Gasteiger partial charge in [0.15, 0.2) is 0 Å². The number of carbonyl (C=O) groups excluding carboxylic acids is 1. The van der Waals surface area contributed by atoms with E-state index in [0.29, 0.717) is 6.42 Å². The first-order chi connectivity index (χ1) is 5.83. The molecular weight excluding hydrogens is 166 g/mol. The quantitative estimate of drug-likeness (QED) is 0.708. The summed E-state index contributed by atoms with van der Waals surface area (Å²) in [6, 6.07) is 0. The van der Waals surface area contributed by atoms with Crippen LogP contribution in [0.3, 0.4) is 0 Å². The lowest BCUT2D eigenvalue weighted by Crippen LogP contribution is -2.41. The van der Waals surface area contributed by atoms with Crippen molar-refractivity contribution in [2.75, 3.05) is 6.61 Å². The molecule has 0 unspecified atom stereocenters.